The predicted octanol–water partition coefficient (Wildman–Crippen LogP) is 10.1. The van der Waals surface area contributed by atoms with E-state index < -0.39 is 0 Å². The molecule has 0 aromatic heterocycles. The van der Waals surface area contributed by atoms with Crippen molar-refractivity contribution in [3.63, 3.8) is 0 Å². The molecule has 0 heterocycles. The van der Waals surface area contributed by atoms with Crippen LogP contribution in [0.5, 0.6) is 0 Å². The van der Waals surface area contributed by atoms with Crippen LogP contribution in [0.1, 0.15) is 127 Å². The normalized spacial score (nSPS) is 11.9. The molecule has 0 bridgehead atoms. The summed E-state index contributed by atoms with van der Waals surface area (Å²) < 4.78 is 0. The second-order valence-corrected chi connectivity index (χ2v) is 7.96. The van der Waals surface area contributed by atoms with Crippen LogP contribution in [0, 0.1) is 5.92 Å². The van der Waals surface area contributed by atoms with Gasteiger partial charge in [-0.05, 0) is 64.2 Å². The zero-order valence-corrected chi connectivity index (χ0v) is 25.6. The number of amides is 1. The lowest BCUT2D eigenvalue weighted by Crippen LogP contribution is -2.40. The lowest BCUT2D eigenvalue weighted by molar-refractivity contribution is -0.127. The standard InChI is InChI=1S/C27H43NO2.3C2H6/c1-5-6-7-8-9-10-11-12-13-14-15-16-17-18-19-20-21-22-27(30)28-26(25(4)29)23-24(2)3;3*1-2/h6-7,9-10,12-13,15-16,18-19,24,26H,5,8,11,14,17,20-23H2,1-4H3,(H,28,30);3*1-2H3/b7-6-,10-9-,13-12-,16-15-,19-18-;;;. The van der Waals surface area contributed by atoms with Gasteiger partial charge in [0.05, 0.1) is 6.04 Å². The summed E-state index contributed by atoms with van der Waals surface area (Å²) in [5.41, 5.74) is 0. The summed E-state index contributed by atoms with van der Waals surface area (Å²) in [5, 5.41) is 2.87. The highest BCUT2D eigenvalue weighted by molar-refractivity contribution is 5.87. The minimum Gasteiger partial charge on any atom is -0.346 e. The minimum absolute atomic E-state index is 0.0248. The molecular formula is C33H61NO2. The molecule has 1 unspecified atom stereocenters. The number of hydrogen-bond donors (Lipinski definition) is 1. The van der Waals surface area contributed by atoms with Crippen molar-refractivity contribution in [1.29, 1.82) is 0 Å². The topological polar surface area (TPSA) is 46.2 Å². The summed E-state index contributed by atoms with van der Waals surface area (Å²) in [6.45, 7) is 19.8. The molecule has 0 aliphatic rings. The van der Waals surface area contributed by atoms with Crippen molar-refractivity contribution in [1.82, 2.24) is 5.32 Å². The maximum absolute atomic E-state index is 12.0. The van der Waals surface area contributed by atoms with Crippen molar-refractivity contribution < 1.29 is 9.59 Å². The molecule has 3 nitrogen and oxygen atoms in total. The quantitative estimate of drug-likeness (QED) is 0.158. The highest BCUT2D eigenvalue weighted by atomic mass is 16.2. The number of hydrogen-bond acceptors (Lipinski definition) is 2. The average Bonchev–Trinajstić information content (AvgIpc) is 2.88. The molecule has 0 aliphatic carbocycles. The maximum atomic E-state index is 12.0. The molecule has 1 N–H and O–H groups in total. The van der Waals surface area contributed by atoms with Gasteiger partial charge in [-0.1, -0.05) is 123 Å². The van der Waals surface area contributed by atoms with Crippen LogP contribution in [0.15, 0.2) is 60.8 Å². The number of carbonyl (C=O) groups excluding carboxylic acids is 2. The average molecular weight is 504 g/mol. The van der Waals surface area contributed by atoms with Gasteiger partial charge in [-0.15, -0.1) is 0 Å². The van der Waals surface area contributed by atoms with E-state index in [9.17, 15) is 9.59 Å². The first-order chi connectivity index (χ1) is 17.5. The van der Waals surface area contributed by atoms with Crippen molar-refractivity contribution in [3.8, 4) is 0 Å². The van der Waals surface area contributed by atoms with Crippen LogP contribution in [0.2, 0.25) is 0 Å². The van der Waals surface area contributed by atoms with Crippen molar-refractivity contribution in [2.24, 2.45) is 5.92 Å². The Hall–Kier alpha value is -2.16. The minimum atomic E-state index is -0.341. The molecule has 1 amide bonds. The third-order valence-electron chi connectivity index (χ3n) is 4.47. The van der Waals surface area contributed by atoms with Crippen LogP contribution >= 0.6 is 0 Å². The van der Waals surface area contributed by atoms with Crippen LogP contribution in [-0.2, 0) is 9.59 Å². The third kappa shape index (κ3) is 36.4. The summed E-state index contributed by atoms with van der Waals surface area (Å²) >= 11 is 0. The second-order valence-electron chi connectivity index (χ2n) is 7.96. The van der Waals surface area contributed by atoms with Gasteiger partial charge in [0.1, 0.15) is 0 Å². The molecule has 3 heteroatoms. The molecule has 210 valence electrons. The first-order valence-corrected chi connectivity index (χ1v) is 14.5. The Bertz CT molecular complexity index is 595. The number of Topliss-reactive ketones (excluding diaryl/α,β-unsaturated/α-hetero) is 1. The van der Waals surface area contributed by atoms with Gasteiger partial charge in [0.2, 0.25) is 5.91 Å². The number of ketones is 1. The van der Waals surface area contributed by atoms with E-state index in [0.717, 1.165) is 44.9 Å². The fourth-order valence-corrected chi connectivity index (χ4v) is 2.81. The van der Waals surface area contributed by atoms with Gasteiger partial charge in [-0.25, -0.2) is 0 Å². The highest BCUT2D eigenvalue weighted by Gasteiger charge is 2.17. The van der Waals surface area contributed by atoms with Gasteiger partial charge in [-0.2, -0.15) is 0 Å². The number of rotatable bonds is 17. The van der Waals surface area contributed by atoms with Crippen molar-refractivity contribution in [3.05, 3.63) is 60.8 Å². The first kappa shape index (κ1) is 41.0. The van der Waals surface area contributed by atoms with Crippen LogP contribution in [0.4, 0.5) is 0 Å². The number of carbonyl (C=O) groups is 2. The molecule has 0 aromatic rings. The van der Waals surface area contributed by atoms with E-state index in [1.54, 1.807) is 6.92 Å². The third-order valence-corrected chi connectivity index (χ3v) is 4.47. The Morgan fingerprint density at radius 1 is 0.667 bits per heavy atom. The van der Waals surface area contributed by atoms with Gasteiger partial charge in [0.15, 0.2) is 5.78 Å². The van der Waals surface area contributed by atoms with Crippen LogP contribution in [0.25, 0.3) is 0 Å². The van der Waals surface area contributed by atoms with Gasteiger partial charge in [0.25, 0.3) is 0 Å². The lowest BCUT2D eigenvalue weighted by atomic mass is 10.0. The van der Waals surface area contributed by atoms with E-state index in [2.05, 4.69) is 86.8 Å². The smallest absolute Gasteiger partial charge is 0.220 e. The zero-order chi connectivity index (χ0) is 28.5. The molecule has 0 rings (SSSR count). The zero-order valence-electron chi connectivity index (χ0n) is 25.6. The fourth-order valence-electron chi connectivity index (χ4n) is 2.81. The molecule has 0 saturated heterocycles. The van der Waals surface area contributed by atoms with Crippen molar-refractivity contribution in [2.45, 2.75) is 133 Å². The molecule has 0 spiro atoms. The van der Waals surface area contributed by atoms with Gasteiger partial charge in [0, 0.05) is 6.42 Å². The van der Waals surface area contributed by atoms with Crippen molar-refractivity contribution >= 4 is 11.7 Å². The van der Waals surface area contributed by atoms with E-state index >= 15 is 0 Å². The molecule has 0 aromatic carbocycles. The molecular weight excluding hydrogens is 442 g/mol. The van der Waals surface area contributed by atoms with Gasteiger partial charge >= 0.3 is 0 Å². The van der Waals surface area contributed by atoms with Crippen LogP contribution in [0.3, 0.4) is 0 Å². The summed E-state index contributed by atoms with van der Waals surface area (Å²) in [5.74, 6) is 0.401. The Labute approximate surface area is 226 Å². The lowest BCUT2D eigenvalue weighted by Gasteiger charge is -2.17. The molecule has 0 saturated carbocycles. The first-order valence-electron chi connectivity index (χ1n) is 14.5. The van der Waals surface area contributed by atoms with Crippen LogP contribution in [-0.4, -0.2) is 17.7 Å². The molecule has 0 fully saturated rings. The molecule has 0 radical (unpaired) electrons. The Morgan fingerprint density at radius 3 is 1.42 bits per heavy atom. The van der Waals surface area contributed by atoms with E-state index in [0.29, 0.717) is 18.8 Å². The summed E-state index contributed by atoms with van der Waals surface area (Å²) in [6, 6.07) is -0.341. The number of allylic oxidation sites excluding steroid dienone is 10. The van der Waals surface area contributed by atoms with Crippen molar-refractivity contribution in [2.75, 3.05) is 0 Å². The van der Waals surface area contributed by atoms with E-state index in [4.69, 9.17) is 0 Å². The Morgan fingerprint density at radius 2 is 1.06 bits per heavy atom. The second kappa shape index (κ2) is 37.4. The highest BCUT2D eigenvalue weighted by Crippen LogP contribution is 2.07. The summed E-state index contributed by atoms with van der Waals surface area (Å²) in [6.07, 6.45) is 29.7. The van der Waals surface area contributed by atoms with Gasteiger partial charge < -0.3 is 5.32 Å². The predicted molar refractivity (Wildman–Crippen MR) is 164 cm³/mol. The summed E-state index contributed by atoms with van der Waals surface area (Å²) in [4.78, 5) is 23.6. The SMILES string of the molecule is CC.CC.CC.CC/C=C\C/C=C\C/C=C\C/C=C\C/C=C\CCCC(=O)NC(CC(C)C)C(C)=O. The number of unbranched alkanes of at least 4 members (excludes halogenated alkanes) is 1. The summed E-state index contributed by atoms with van der Waals surface area (Å²) in [7, 11) is 0. The number of nitrogens with one attached hydrogen (secondary N) is 1. The molecule has 1 atom stereocenters. The monoisotopic (exact) mass is 503 g/mol. The van der Waals surface area contributed by atoms with E-state index in [-0.39, 0.29) is 17.7 Å². The van der Waals surface area contributed by atoms with E-state index in [1.807, 2.05) is 41.5 Å². The molecule has 36 heavy (non-hydrogen) atoms. The maximum Gasteiger partial charge on any atom is 0.220 e. The van der Waals surface area contributed by atoms with Crippen LogP contribution < -0.4 is 5.32 Å². The van der Waals surface area contributed by atoms with Gasteiger partial charge in [-0.3, -0.25) is 9.59 Å². The largest absolute Gasteiger partial charge is 0.346 e. The fraction of sp³-hybridized carbons (Fsp3) is 0.636. The Balaban J connectivity index is -0.000000787. The van der Waals surface area contributed by atoms with E-state index in [1.165, 1.54) is 0 Å². The molecule has 0 aliphatic heterocycles. The Kier molecular flexibility index (Phi) is 42.6.